The van der Waals surface area contributed by atoms with Gasteiger partial charge in [0.1, 0.15) is 5.75 Å². The number of carbonyl (C=O) groups is 1. The molecule has 2 aromatic carbocycles. The van der Waals surface area contributed by atoms with Crippen LogP contribution in [0.1, 0.15) is 15.9 Å². The van der Waals surface area contributed by atoms with Crippen LogP contribution in [0.4, 0.5) is 0 Å². The van der Waals surface area contributed by atoms with Gasteiger partial charge < -0.3 is 9.47 Å². The number of hydrogen-bond acceptors (Lipinski definition) is 4. The van der Waals surface area contributed by atoms with Crippen molar-refractivity contribution in [3.63, 3.8) is 0 Å². The van der Waals surface area contributed by atoms with Gasteiger partial charge in [0.15, 0.2) is 5.78 Å². The second kappa shape index (κ2) is 7.40. The van der Waals surface area contributed by atoms with Gasteiger partial charge in [0.25, 0.3) is 0 Å². The van der Waals surface area contributed by atoms with E-state index in [1.165, 1.54) is 5.56 Å². The van der Waals surface area contributed by atoms with Crippen LogP contribution < -0.4 is 4.74 Å². The first-order valence-corrected chi connectivity index (χ1v) is 7.82. The molecule has 120 valence electrons. The molecule has 0 amide bonds. The van der Waals surface area contributed by atoms with E-state index in [1.807, 2.05) is 42.5 Å². The Morgan fingerprint density at radius 2 is 1.91 bits per heavy atom. The molecule has 0 radical (unpaired) electrons. The maximum absolute atomic E-state index is 12.8. The molecule has 1 aliphatic rings. The van der Waals surface area contributed by atoms with Crippen molar-refractivity contribution in [2.24, 2.45) is 0 Å². The minimum absolute atomic E-state index is 0.100. The molecule has 2 aromatic rings. The predicted molar refractivity (Wildman–Crippen MR) is 88.8 cm³/mol. The van der Waals surface area contributed by atoms with E-state index >= 15 is 0 Å². The number of methoxy groups -OCH3 is 1. The van der Waals surface area contributed by atoms with E-state index in [0.717, 1.165) is 18.8 Å². The van der Waals surface area contributed by atoms with E-state index in [-0.39, 0.29) is 11.8 Å². The summed E-state index contributed by atoms with van der Waals surface area (Å²) in [5, 5.41) is 0. The summed E-state index contributed by atoms with van der Waals surface area (Å²) in [5.74, 6) is 0.853. The first-order valence-electron chi connectivity index (χ1n) is 7.82. The number of ketones is 1. The van der Waals surface area contributed by atoms with E-state index < -0.39 is 0 Å². The number of benzene rings is 2. The monoisotopic (exact) mass is 311 g/mol. The van der Waals surface area contributed by atoms with Crippen LogP contribution in [0.2, 0.25) is 0 Å². The maximum Gasteiger partial charge on any atom is 0.182 e. The topological polar surface area (TPSA) is 38.8 Å². The second-order valence-electron chi connectivity index (χ2n) is 5.64. The van der Waals surface area contributed by atoms with Crippen LogP contribution in [0.5, 0.6) is 5.75 Å². The van der Waals surface area contributed by atoms with E-state index in [9.17, 15) is 4.79 Å². The lowest BCUT2D eigenvalue weighted by Crippen LogP contribution is -2.49. The van der Waals surface area contributed by atoms with E-state index in [1.54, 1.807) is 7.11 Å². The number of rotatable bonds is 5. The largest absolute Gasteiger partial charge is 0.497 e. The summed E-state index contributed by atoms with van der Waals surface area (Å²) in [4.78, 5) is 15.0. The third kappa shape index (κ3) is 3.78. The quantitative estimate of drug-likeness (QED) is 0.796. The molecule has 23 heavy (non-hydrogen) atoms. The molecule has 1 saturated heterocycles. The van der Waals surface area contributed by atoms with Crippen LogP contribution in [0, 0.1) is 0 Å². The van der Waals surface area contributed by atoms with Gasteiger partial charge in [0, 0.05) is 18.7 Å². The molecule has 0 N–H and O–H groups in total. The zero-order valence-electron chi connectivity index (χ0n) is 13.3. The van der Waals surface area contributed by atoms with Crippen LogP contribution in [0.3, 0.4) is 0 Å². The van der Waals surface area contributed by atoms with Crippen LogP contribution in [-0.4, -0.2) is 43.6 Å². The van der Waals surface area contributed by atoms with Gasteiger partial charge in [-0.3, -0.25) is 9.69 Å². The Kier molecular flexibility index (Phi) is 5.05. The fraction of sp³-hybridized carbons (Fsp3) is 0.316. The Labute approximate surface area is 136 Å². The Bertz CT molecular complexity index is 639. The number of carbonyl (C=O) groups excluding carboxylic acids is 1. The smallest absolute Gasteiger partial charge is 0.182 e. The van der Waals surface area contributed by atoms with Gasteiger partial charge in [0.05, 0.1) is 26.4 Å². The lowest BCUT2D eigenvalue weighted by molar-refractivity contribution is -0.00464. The number of morpholine rings is 1. The van der Waals surface area contributed by atoms with Gasteiger partial charge in [-0.15, -0.1) is 0 Å². The van der Waals surface area contributed by atoms with Gasteiger partial charge in [-0.1, -0.05) is 30.3 Å². The molecular formula is C19H21NO3. The van der Waals surface area contributed by atoms with Crippen molar-refractivity contribution in [2.75, 3.05) is 26.9 Å². The molecule has 0 aromatic heterocycles. The average Bonchev–Trinajstić information content (AvgIpc) is 2.62. The van der Waals surface area contributed by atoms with Gasteiger partial charge in [-0.05, 0) is 29.8 Å². The molecular weight excluding hydrogens is 290 g/mol. The highest BCUT2D eigenvalue weighted by atomic mass is 16.5. The highest BCUT2D eigenvalue weighted by Crippen LogP contribution is 2.18. The van der Waals surface area contributed by atoms with Crippen molar-refractivity contribution in [1.29, 1.82) is 0 Å². The van der Waals surface area contributed by atoms with Gasteiger partial charge >= 0.3 is 0 Å². The lowest BCUT2D eigenvalue weighted by atomic mass is 10.0. The van der Waals surface area contributed by atoms with Crippen LogP contribution in [0.15, 0.2) is 54.6 Å². The lowest BCUT2D eigenvalue weighted by Gasteiger charge is -2.34. The molecule has 1 atom stereocenters. The molecule has 1 aliphatic heterocycles. The predicted octanol–water partition coefficient (Wildman–Crippen LogP) is 2.78. The molecule has 1 heterocycles. The normalized spacial score (nSPS) is 18.6. The summed E-state index contributed by atoms with van der Waals surface area (Å²) in [6.07, 6.45) is 0. The molecule has 4 heteroatoms. The molecule has 0 aliphatic carbocycles. The number of hydrogen-bond donors (Lipinski definition) is 0. The van der Waals surface area contributed by atoms with Crippen molar-refractivity contribution in [1.82, 2.24) is 4.90 Å². The van der Waals surface area contributed by atoms with Crippen molar-refractivity contribution in [2.45, 2.75) is 12.6 Å². The number of nitrogens with zero attached hydrogens (tertiary/aromatic N) is 1. The van der Waals surface area contributed by atoms with Gasteiger partial charge in [0.2, 0.25) is 0 Å². The van der Waals surface area contributed by atoms with Crippen LogP contribution in [-0.2, 0) is 11.3 Å². The van der Waals surface area contributed by atoms with E-state index in [0.29, 0.717) is 18.8 Å². The maximum atomic E-state index is 12.8. The summed E-state index contributed by atoms with van der Waals surface area (Å²) < 4.78 is 10.7. The Morgan fingerprint density at radius 3 is 2.61 bits per heavy atom. The summed E-state index contributed by atoms with van der Waals surface area (Å²) >= 11 is 0. The highest BCUT2D eigenvalue weighted by molar-refractivity contribution is 6.00. The van der Waals surface area contributed by atoms with Crippen LogP contribution >= 0.6 is 0 Å². The van der Waals surface area contributed by atoms with Gasteiger partial charge in [-0.2, -0.15) is 0 Å². The summed E-state index contributed by atoms with van der Waals surface area (Å²) in [6.45, 7) is 2.63. The fourth-order valence-corrected chi connectivity index (χ4v) is 2.83. The van der Waals surface area contributed by atoms with Crippen molar-refractivity contribution < 1.29 is 14.3 Å². The highest BCUT2D eigenvalue weighted by Gasteiger charge is 2.30. The Morgan fingerprint density at radius 1 is 1.17 bits per heavy atom. The standard InChI is InChI=1S/C19H21NO3/c1-22-17-9-7-16(8-10-17)19(21)18-14-23-12-11-20(18)13-15-5-3-2-4-6-15/h2-10,18H,11-14H2,1H3. The minimum atomic E-state index is -0.239. The first-order chi connectivity index (χ1) is 11.3. The average molecular weight is 311 g/mol. The third-order valence-corrected chi connectivity index (χ3v) is 4.15. The minimum Gasteiger partial charge on any atom is -0.497 e. The number of Topliss-reactive ketones (excluding diaryl/α,β-unsaturated/α-hetero) is 1. The molecule has 1 unspecified atom stereocenters. The van der Waals surface area contributed by atoms with E-state index in [2.05, 4.69) is 17.0 Å². The zero-order chi connectivity index (χ0) is 16.1. The zero-order valence-corrected chi connectivity index (χ0v) is 13.3. The molecule has 3 rings (SSSR count). The first kappa shape index (κ1) is 15.7. The Hall–Kier alpha value is -2.17. The van der Waals surface area contributed by atoms with Gasteiger partial charge in [-0.25, -0.2) is 0 Å². The molecule has 0 saturated carbocycles. The molecule has 0 spiro atoms. The number of ether oxygens (including phenoxy) is 2. The van der Waals surface area contributed by atoms with E-state index in [4.69, 9.17) is 9.47 Å². The third-order valence-electron chi connectivity index (χ3n) is 4.15. The molecule has 1 fully saturated rings. The summed E-state index contributed by atoms with van der Waals surface area (Å²) in [6, 6.07) is 17.3. The van der Waals surface area contributed by atoms with Crippen molar-refractivity contribution in [3.8, 4) is 5.75 Å². The van der Waals surface area contributed by atoms with Crippen molar-refractivity contribution >= 4 is 5.78 Å². The fourth-order valence-electron chi connectivity index (χ4n) is 2.83. The second-order valence-corrected chi connectivity index (χ2v) is 5.64. The van der Waals surface area contributed by atoms with Crippen LogP contribution in [0.25, 0.3) is 0 Å². The van der Waals surface area contributed by atoms with Crippen molar-refractivity contribution in [3.05, 3.63) is 65.7 Å². The summed E-state index contributed by atoms with van der Waals surface area (Å²) in [5.41, 5.74) is 1.90. The SMILES string of the molecule is COc1ccc(C(=O)C2COCCN2Cc2ccccc2)cc1. The Balaban J connectivity index is 1.75. The summed E-state index contributed by atoms with van der Waals surface area (Å²) in [7, 11) is 1.62. The molecule has 0 bridgehead atoms. The molecule has 4 nitrogen and oxygen atoms in total.